The number of furan rings is 1. The molecule has 140 valence electrons. The van der Waals surface area contributed by atoms with Gasteiger partial charge >= 0.3 is 5.97 Å². The van der Waals surface area contributed by atoms with Crippen molar-refractivity contribution in [1.29, 1.82) is 0 Å². The zero-order chi connectivity index (χ0) is 19.3. The van der Waals surface area contributed by atoms with Crippen LogP contribution >= 0.6 is 0 Å². The van der Waals surface area contributed by atoms with Crippen LogP contribution < -0.4 is 19.9 Å². The molecule has 10 nitrogen and oxygen atoms in total. The van der Waals surface area contributed by atoms with Crippen molar-refractivity contribution in [3.63, 3.8) is 0 Å². The quantitative estimate of drug-likeness (QED) is 0.664. The maximum Gasteiger partial charge on any atom is 0.374 e. The molecule has 0 bridgehead atoms. The van der Waals surface area contributed by atoms with Gasteiger partial charge in [-0.3, -0.25) is 4.79 Å². The van der Waals surface area contributed by atoms with Crippen LogP contribution in [0.1, 0.15) is 10.6 Å². The highest BCUT2D eigenvalue weighted by Crippen LogP contribution is 2.25. The number of sulfonamides is 1. The first-order valence-electron chi connectivity index (χ1n) is 7.05. The first kappa shape index (κ1) is 19.3. The molecule has 0 fully saturated rings. The largest absolute Gasteiger partial charge is 0.497 e. The Morgan fingerprint density at radius 1 is 1.12 bits per heavy atom. The number of primary sulfonamides is 1. The molecule has 3 N–H and O–H groups in total. The van der Waals surface area contributed by atoms with Crippen LogP contribution in [0.2, 0.25) is 0 Å². The third kappa shape index (κ3) is 4.97. The Bertz CT molecular complexity index is 897. The van der Waals surface area contributed by atoms with E-state index in [9.17, 15) is 18.0 Å². The summed E-state index contributed by atoms with van der Waals surface area (Å²) >= 11 is 0. The predicted molar refractivity (Wildman–Crippen MR) is 88.5 cm³/mol. The number of methoxy groups -OCH3 is 2. The standard InChI is InChI=1S/C15H16N2O8S/c1-22-10-5-9(6-11(7-10)23-2)17-13(18)8-24-15(19)12-3-4-14(25-12)26(16,20)21/h3-7H,8H2,1-2H3,(H,17,18)(H2,16,20,21). The molecule has 2 rings (SSSR count). The van der Waals surface area contributed by atoms with Crippen molar-refractivity contribution in [3.05, 3.63) is 36.1 Å². The van der Waals surface area contributed by atoms with E-state index in [2.05, 4.69) is 5.32 Å². The minimum absolute atomic E-state index is 0.372. The predicted octanol–water partition coefficient (Wildman–Crippen LogP) is 0.740. The van der Waals surface area contributed by atoms with Crippen LogP contribution in [-0.2, 0) is 19.6 Å². The number of carbonyl (C=O) groups excluding carboxylic acids is 2. The van der Waals surface area contributed by atoms with Gasteiger partial charge in [0.05, 0.1) is 14.2 Å². The monoisotopic (exact) mass is 384 g/mol. The van der Waals surface area contributed by atoms with E-state index in [0.717, 1.165) is 12.1 Å². The lowest BCUT2D eigenvalue weighted by molar-refractivity contribution is -0.119. The fourth-order valence-corrected chi connectivity index (χ4v) is 2.33. The Balaban J connectivity index is 1.96. The molecular weight excluding hydrogens is 368 g/mol. The molecule has 1 aromatic heterocycles. The third-order valence-electron chi connectivity index (χ3n) is 3.03. The highest BCUT2D eigenvalue weighted by Gasteiger charge is 2.19. The maximum atomic E-state index is 11.9. The number of ether oxygens (including phenoxy) is 3. The Kier molecular flexibility index (Phi) is 5.85. The molecule has 0 aliphatic carbocycles. The lowest BCUT2D eigenvalue weighted by atomic mass is 10.2. The Morgan fingerprint density at radius 3 is 2.23 bits per heavy atom. The summed E-state index contributed by atoms with van der Waals surface area (Å²) in [7, 11) is -1.16. The summed E-state index contributed by atoms with van der Waals surface area (Å²) in [5.41, 5.74) is 0.372. The average molecular weight is 384 g/mol. The molecule has 1 heterocycles. The number of esters is 1. The SMILES string of the molecule is COc1cc(NC(=O)COC(=O)c2ccc(S(N)(=O)=O)o2)cc(OC)c1. The molecule has 1 aromatic carbocycles. The summed E-state index contributed by atoms with van der Waals surface area (Å²) in [5, 5.41) is 6.79. The lowest BCUT2D eigenvalue weighted by Gasteiger charge is -2.10. The topological polar surface area (TPSA) is 147 Å². The van der Waals surface area contributed by atoms with E-state index in [0.29, 0.717) is 17.2 Å². The van der Waals surface area contributed by atoms with Crippen molar-refractivity contribution in [1.82, 2.24) is 0 Å². The minimum atomic E-state index is -4.08. The van der Waals surface area contributed by atoms with Crippen molar-refractivity contribution < 1.29 is 36.6 Å². The zero-order valence-corrected chi connectivity index (χ0v) is 14.7. The van der Waals surface area contributed by atoms with Gasteiger partial charge in [-0.05, 0) is 12.1 Å². The van der Waals surface area contributed by atoms with E-state index in [1.54, 1.807) is 18.2 Å². The highest BCUT2D eigenvalue weighted by molar-refractivity contribution is 7.89. The molecule has 0 unspecified atom stereocenters. The molecule has 1 amide bonds. The molecule has 0 aliphatic heterocycles. The molecular formula is C15H16N2O8S. The van der Waals surface area contributed by atoms with Crippen molar-refractivity contribution in [3.8, 4) is 11.5 Å². The molecule has 26 heavy (non-hydrogen) atoms. The van der Waals surface area contributed by atoms with Gasteiger partial charge in [0, 0.05) is 23.9 Å². The number of nitrogens with one attached hydrogen (secondary N) is 1. The van der Waals surface area contributed by atoms with Gasteiger partial charge in [-0.25, -0.2) is 18.4 Å². The van der Waals surface area contributed by atoms with Crippen LogP contribution in [-0.4, -0.2) is 41.1 Å². The zero-order valence-electron chi connectivity index (χ0n) is 13.8. The number of rotatable bonds is 7. The normalized spacial score (nSPS) is 10.9. The van der Waals surface area contributed by atoms with E-state index in [-0.39, 0.29) is 0 Å². The number of carbonyl (C=O) groups is 2. The van der Waals surface area contributed by atoms with Crippen LogP contribution in [0.4, 0.5) is 5.69 Å². The molecule has 0 spiro atoms. The van der Waals surface area contributed by atoms with Gasteiger partial charge in [0.1, 0.15) is 11.5 Å². The first-order valence-corrected chi connectivity index (χ1v) is 8.60. The number of benzene rings is 1. The third-order valence-corrected chi connectivity index (χ3v) is 3.81. The molecule has 0 atom stereocenters. The fourth-order valence-electron chi connectivity index (χ4n) is 1.86. The van der Waals surface area contributed by atoms with Gasteiger partial charge < -0.3 is 23.9 Å². The Morgan fingerprint density at radius 2 is 1.73 bits per heavy atom. The highest BCUT2D eigenvalue weighted by atomic mass is 32.2. The number of hydrogen-bond acceptors (Lipinski definition) is 8. The Labute approximate surface area is 148 Å². The second-order valence-corrected chi connectivity index (χ2v) is 6.38. The smallest absolute Gasteiger partial charge is 0.374 e. The number of hydrogen-bond donors (Lipinski definition) is 2. The molecule has 0 saturated carbocycles. The average Bonchev–Trinajstić information content (AvgIpc) is 3.09. The summed E-state index contributed by atoms with van der Waals surface area (Å²) < 4.78 is 41.9. The molecule has 0 aliphatic rings. The molecule has 0 saturated heterocycles. The lowest BCUT2D eigenvalue weighted by Crippen LogP contribution is -2.20. The summed E-state index contributed by atoms with van der Waals surface area (Å²) in [6.07, 6.45) is 0. The van der Waals surface area contributed by atoms with E-state index in [4.69, 9.17) is 23.8 Å². The van der Waals surface area contributed by atoms with E-state index >= 15 is 0 Å². The van der Waals surface area contributed by atoms with E-state index < -0.39 is 39.4 Å². The van der Waals surface area contributed by atoms with Crippen LogP contribution in [0.5, 0.6) is 11.5 Å². The van der Waals surface area contributed by atoms with Crippen LogP contribution in [0.25, 0.3) is 0 Å². The Hall–Kier alpha value is -3.05. The van der Waals surface area contributed by atoms with Gasteiger partial charge in [-0.1, -0.05) is 0 Å². The second-order valence-electron chi connectivity index (χ2n) is 4.89. The van der Waals surface area contributed by atoms with E-state index in [1.165, 1.54) is 14.2 Å². The van der Waals surface area contributed by atoms with Crippen molar-refractivity contribution in [2.24, 2.45) is 5.14 Å². The van der Waals surface area contributed by atoms with Crippen molar-refractivity contribution in [2.45, 2.75) is 5.09 Å². The maximum absolute atomic E-state index is 11.9. The second kappa shape index (κ2) is 7.89. The van der Waals surface area contributed by atoms with Gasteiger partial charge in [0.25, 0.3) is 15.9 Å². The van der Waals surface area contributed by atoms with Gasteiger partial charge in [-0.2, -0.15) is 0 Å². The summed E-state index contributed by atoms with van der Waals surface area (Å²) in [6, 6.07) is 6.80. The summed E-state index contributed by atoms with van der Waals surface area (Å²) in [4.78, 5) is 23.7. The van der Waals surface area contributed by atoms with Crippen molar-refractivity contribution in [2.75, 3.05) is 26.1 Å². The number of nitrogens with two attached hydrogens (primary N) is 1. The van der Waals surface area contributed by atoms with Crippen molar-refractivity contribution >= 4 is 27.6 Å². The number of anilines is 1. The van der Waals surface area contributed by atoms with Gasteiger partial charge in [-0.15, -0.1) is 0 Å². The number of amides is 1. The van der Waals surface area contributed by atoms with E-state index in [1.807, 2.05) is 0 Å². The summed E-state index contributed by atoms with van der Waals surface area (Å²) in [6.45, 7) is -0.621. The molecule has 0 radical (unpaired) electrons. The molecule has 2 aromatic rings. The first-order chi connectivity index (χ1) is 12.2. The fraction of sp³-hybridized carbons (Fsp3) is 0.200. The minimum Gasteiger partial charge on any atom is -0.497 e. The van der Waals surface area contributed by atoms with Gasteiger partial charge in [0.2, 0.25) is 10.9 Å². The van der Waals surface area contributed by atoms with Crippen LogP contribution in [0, 0.1) is 0 Å². The molecule has 11 heteroatoms. The summed E-state index contributed by atoms with van der Waals surface area (Å²) in [5.74, 6) is -1.12. The van der Waals surface area contributed by atoms with Crippen LogP contribution in [0.3, 0.4) is 0 Å². The van der Waals surface area contributed by atoms with Gasteiger partial charge in [0.15, 0.2) is 6.61 Å². The van der Waals surface area contributed by atoms with Crippen LogP contribution in [0.15, 0.2) is 39.8 Å².